The molecule has 0 spiro atoms. The summed E-state index contributed by atoms with van der Waals surface area (Å²) in [6.45, 7) is 2.81. The lowest BCUT2D eigenvalue weighted by Crippen LogP contribution is -2.17. The molecule has 1 heterocycles. The van der Waals surface area contributed by atoms with Gasteiger partial charge >= 0.3 is 0 Å². The van der Waals surface area contributed by atoms with Crippen LogP contribution >= 0.6 is 0 Å². The number of nitrogens with one attached hydrogen (secondary N) is 1. The van der Waals surface area contributed by atoms with E-state index in [0.717, 1.165) is 5.56 Å². The highest BCUT2D eigenvalue weighted by atomic mass is 16.5. The molecule has 0 saturated heterocycles. The molecule has 0 unspecified atom stereocenters. The lowest BCUT2D eigenvalue weighted by atomic mass is 10.2. The van der Waals surface area contributed by atoms with E-state index in [-0.39, 0.29) is 5.91 Å². The minimum Gasteiger partial charge on any atom is -0.490 e. The van der Waals surface area contributed by atoms with Crippen molar-refractivity contribution in [1.29, 1.82) is 0 Å². The topological polar surface area (TPSA) is 60.5 Å². The number of nitrogens with zero attached hydrogens (tertiary/aromatic N) is 1. The Morgan fingerprint density at radius 3 is 2.57 bits per heavy atom. The summed E-state index contributed by atoms with van der Waals surface area (Å²) in [5.74, 6) is 1.02. The third-order valence-electron chi connectivity index (χ3n) is 2.88. The second-order valence-corrected chi connectivity index (χ2v) is 4.32. The number of hydrogen-bond acceptors (Lipinski definition) is 4. The Kier molecular flexibility index (Phi) is 5.15. The summed E-state index contributed by atoms with van der Waals surface area (Å²) in [4.78, 5) is 15.6. The van der Waals surface area contributed by atoms with E-state index >= 15 is 0 Å². The molecule has 0 bridgehead atoms. The van der Waals surface area contributed by atoms with Gasteiger partial charge in [-0.1, -0.05) is 0 Å². The van der Waals surface area contributed by atoms with Gasteiger partial charge in [-0.3, -0.25) is 9.78 Å². The zero-order valence-corrected chi connectivity index (χ0v) is 12.1. The van der Waals surface area contributed by atoms with Gasteiger partial charge < -0.3 is 14.8 Å². The molecule has 5 nitrogen and oxygen atoms in total. The van der Waals surface area contributed by atoms with Crippen molar-refractivity contribution < 1.29 is 14.3 Å². The maximum atomic E-state index is 11.6. The summed E-state index contributed by atoms with van der Waals surface area (Å²) in [6, 6.07) is 8.92. The maximum Gasteiger partial charge on any atom is 0.251 e. The molecule has 21 heavy (non-hydrogen) atoms. The van der Waals surface area contributed by atoms with Gasteiger partial charge in [-0.15, -0.1) is 0 Å². The molecule has 110 valence electrons. The van der Waals surface area contributed by atoms with Crippen LogP contribution in [0.4, 0.5) is 0 Å². The number of carbonyl (C=O) groups is 1. The van der Waals surface area contributed by atoms with E-state index in [9.17, 15) is 4.79 Å². The highest BCUT2D eigenvalue weighted by Crippen LogP contribution is 2.29. The van der Waals surface area contributed by atoms with Crippen LogP contribution in [0.5, 0.6) is 11.5 Å². The van der Waals surface area contributed by atoms with E-state index in [1.165, 1.54) is 0 Å². The first-order valence-electron chi connectivity index (χ1n) is 6.75. The van der Waals surface area contributed by atoms with E-state index in [1.54, 1.807) is 37.6 Å². The van der Waals surface area contributed by atoms with Crippen LogP contribution in [-0.4, -0.2) is 24.5 Å². The molecule has 0 aliphatic heterocycles. The number of ether oxygens (including phenoxy) is 2. The SMILES string of the molecule is CCOc1cc(C(=O)NC)ccc1OCc1ccncc1. The standard InChI is InChI=1S/C16H18N2O3/c1-3-20-15-10-13(16(19)17-2)4-5-14(15)21-11-12-6-8-18-9-7-12/h4-10H,3,11H2,1-2H3,(H,17,19). The normalized spacial score (nSPS) is 10.0. The molecule has 0 atom stereocenters. The van der Waals surface area contributed by atoms with E-state index in [2.05, 4.69) is 10.3 Å². The van der Waals surface area contributed by atoms with E-state index in [1.807, 2.05) is 19.1 Å². The molecule has 2 aromatic rings. The van der Waals surface area contributed by atoms with Crippen molar-refractivity contribution in [1.82, 2.24) is 10.3 Å². The minimum absolute atomic E-state index is 0.156. The molecule has 0 aliphatic carbocycles. The first kappa shape index (κ1) is 14.8. The van der Waals surface area contributed by atoms with Gasteiger partial charge in [-0.25, -0.2) is 0 Å². The van der Waals surface area contributed by atoms with E-state index < -0.39 is 0 Å². The first-order valence-corrected chi connectivity index (χ1v) is 6.75. The fraction of sp³-hybridized carbons (Fsp3) is 0.250. The van der Waals surface area contributed by atoms with Crippen molar-refractivity contribution in [2.24, 2.45) is 0 Å². The van der Waals surface area contributed by atoms with Crippen LogP contribution in [0.1, 0.15) is 22.8 Å². The van der Waals surface area contributed by atoms with Crippen molar-refractivity contribution >= 4 is 5.91 Å². The fourth-order valence-electron chi connectivity index (χ4n) is 1.82. The van der Waals surface area contributed by atoms with Crippen LogP contribution in [0.25, 0.3) is 0 Å². The van der Waals surface area contributed by atoms with Crippen molar-refractivity contribution in [3.63, 3.8) is 0 Å². The van der Waals surface area contributed by atoms with Crippen molar-refractivity contribution in [2.75, 3.05) is 13.7 Å². The third-order valence-corrected chi connectivity index (χ3v) is 2.88. The van der Waals surface area contributed by atoms with Gasteiger partial charge in [0.25, 0.3) is 5.91 Å². The highest BCUT2D eigenvalue weighted by Gasteiger charge is 2.10. The summed E-state index contributed by atoms with van der Waals surface area (Å²) >= 11 is 0. The number of amides is 1. The van der Waals surface area contributed by atoms with Crippen LogP contribution in [0.2, 0.25) is 0 Å². The summed E-state index contributed by atoms with van der Waals surface area (Å²) in [5, 5.41) is 2.59. The quantitative estimate of drug-likeness (QED) is 0.886. The Morgan fingerprint density at radius 1 is 1.14 bits per heavy atom. The zero-order valence-electron chi connectivity index (χ0n) is 12.1. The zero-order chi connectivity index (χ0) is 15.1. The van der Waals surface area contributed by atoms with Gasteiger partial charge in [0.05, 0.1) is 6.61 Å². The molecule has 1 N–H and O–H groups in total. The predicted molar refractivity (Wildman–Crippen MR) is 79.6 cm³/mol. The summed E-state index contributed by atoms with van der Waals surface area (Å²) in [5.41, 5.74) is 1.56. The monoisotopic (exact) mass is 286 g/mol. The lowest BCUT2D eigenvalue weighted by Gasteiger charge is -2.13. The molecular weight excluding hydrogens is 268 g/mol. The minimum atomic E-state index is -0.156. The molecule has 1 amide bonds. The van der Waals surface area contributed by atoms with Gasteiger partial charge in [0, 0.05) is 25.0 Å². The van der Waals surface area contributed by atoms with Gasteiger partial charge in [-0.05, 0) is 42.8 Å². The fourth-order valence-corrected chi connectivity index (χ4v) is 1.82. The number of rotatable bonds is 6. The Balaban J connectivity index is 2.16. The van der Waals surface area contributed by atoms with Crippen molar-refractivity contribution in [3.8, 4) is 11.5 Å². The van der Waals surface area contributed by atoms with Gasteiger partial charge in [0.2, 0.25) is 0 Å². The first-order chi connectivity index (χ1) is 10.2. The van der Waals surface area contributed by atoms with E-state index in [4.69, 9.17) is 9.47 Å². The molecular formula is C16H18N2O3. The lowest BCUT2D eigenvalue weighted by molar-refractivity contribution is 0.0962. The number of carbonyl (C=O) groups excluding carboxylic acids is 1. The predicted octanol–water partition coefficient (Wildman–Crippen LogP) is 2.42. The summed E-state index contributed by atoms with van der Waals surface area (Å²) < 4.78 is 11.3. The largest absolute Gasteiger partial charge is 0.490 e. The average molecular weight is 286 g/mol. The number of benzene rings is 1. The highest BCUT2D eigenvalue weighted by molar-refractivity contribution is 5.94. The number of hydrogen-bond donors (Lipinski definition) is 1. The molecule has 0 fully saturated rings. The Morgan fingerprint density at radius 2 is 1.90 bits per heavy atom. The molecule has 1 aromatic heterocycles. The number of aromatic nitrogens is 1. The summed E-state index contributed by atoms with van der Waals surface area (Å²) in [6.07, 6.45) is 3.44. The smallest absolute Gasteiger partial charge is 0.251 e. The van der Waals surface area contributed by atoms with Crippen molar-refractivity contribution in [3.05, 3.63) is 53.9 Å². The molecule has 0 radical (unpaired) electrons. The van der Waals surface area contributed by atoms with Crippen LogP contribution in [-0.2, 0) is 6.61 Å². The Labute approximate surface area is 123 Å². The van der Waals surface area contributed by atoms with Gasteiger partial charge in [0.15, 0.2) is 11.5 Å². The third kappa shape index (κ3) is 3.95. The second-order valence-electron chi connectivity index (χ2n) is 4.32. The van der Waals surface area contributed by atoms with Gasteiger partial charge in [-0.2, -0.15) is 0 Å². The molecule has 1 aromatic carbocycles. The van der Waals surface area contributed by atoms with Crippen LogP contribution < -0.4 is 14.8 Å². The molecule has 0 aliphatic rings. The van der Waals surface area contributed by atoms with Gasteiger partial charge in [0.1, 0.15) is 6.61 Å². The van der Waals surface area contributed by atoms with E-state index in [0.29, 0.717) is 30.3 Å². The van der Waals surface area contributed by atoms with Crippen LogP contribution in [0, 0.1) is 0 Å². The molecule has 5 heteroatoms. The summed E-state index contributed by atoms with van der Waals surface area (Å²) in [7, 11) is 1.59. The molecule has 2 rings (SSSR count). The second kappa shape index (κ2) is 7.28. The number of pyridine rings is 1. The van der Waals surface area contributed by atoms with Crippen molar-refractivity contribution in [2.45, 2.75) is 13.5 Å². The maximum absolute atomic E-state index is 11.6. The Hall–Kier alpha value is -2.56. The molecule has 0 saturated carbocycles. The van der Waals surface area contributed by atoms with Crippen LogP contribution in [0.15, 0.2) is 42.7 Å². The average Bonchev–Trinajstić information content (AvgIpc) is 2.54. The van der Waals surface area contributed by atoms with Crippen LogP contribution in [0.3, 0.4) is 0 Å². The Bertz CT molecular complexity index is 600.